The van der Waals surface area contributed by atoms with E-state index in [0.717, 1.165) is 23.6 Å². The average Bonchev–Trinajstić information content (AvgIpc) is 2.87. The van der Waals surface area contributed by atoms with Gasteiger partial charge in [-0.1, -0.05) is 13.8 Å². The van der Waals surface area contributed by atoms with Gasteiger partial charge in [-0.15, -0.1) is 0 Å². The van der Waals surface area contributed by atoms with Crippen molar-refractivity contribution in [1.82, 2.24) is 0 Å². The molecule has 0 heterocycles. The Hall–Kier alpha value is -2.09. The monoisotopic (exact) mass is 475 g/mol. The van der Waals surface area contributed by atoms with Crippen LogP contribution in [-0.2, 0) is 19.1 Å². The van der Waals surface area contributed by atoms with Crippen molar-refractivity contribution in [3.63, 3.8) is 0 Å². The molecule has 1 aliphatic rings. The van der Waals surface area contributed by atoms with Crippen molar-refractivity contribution in [3.8, 4) is 17.6 Å². The summed E-state index contributed by atoms with van der Waals surface area (Å²) < 4.78 is 22.7. The predicted molar refractivity (Wildman–Crippen MR) is 132 cm³/mol. The molecule has 0 aromatic heterocycles. The van der Waals surface area contributed by atoms with E-state index in [-0.39, 0.29) is 0 Å². The third-order valence-corrected chi connectivity index (χ3v) is 11.9. The fourth-order valence-corrected chi connectivity index (χ4v) is 12.5. The number of carbonyl (C=O) groups is 1. The van der Waals surface area contributed by atoms with Crippen LogP contribution in [0.2, 0.25) is 38.8 Å². The number of hydrogen-bond acceptors (Lipinski definition) is 6. The number of nitrogens with zero attached hydrogens (tertiary/aromatic N) is 1. The number of nitriles is 1. The van der Waals surface area contributed by atoms with Crippen LogP contribution in [0.5, 0.6) is 11.5 Å². The third kappa shape index (κ3) is 6.03. The van der Waals surface area contributed by atoms with Gasteiger partial charge in [-0.2, -0.15) is 5.26 Å². The zero-order valence-electron chi connectivity index (χ0n) is 20.9. The second kappa shape index (κ2) is 9.81. The number of esters is 1. The summed E-state index contributed by atoms with van der Waals surface area (Å²) in [6.07, 6.45) is 2.24. The van der Waals surface area contributed by atoms with Crippen LogP contribution in [0, 0.1) is 17.2 Å². The van der Waals surface area contributed by atoms with Gasteiger partial charge in [-0.3, -0.25) is 0 Å². The van der Waals surface area contributed by atoms with Crippen molar-refractivity contribution in [1.29, 1.82) is 5.26 Å². The first-order chi connectivity index (χ1) is 14.8. The number of allylic oxidation sites excluding steroid dienone is 1. The maximum Gasteiger partial charge on any atom is 0.331 e. The highest BCUT2D eigenvalue weighted by Crippen LogP contribution is 2.52. The van der Waals surface area contributed by atoms with E-state index in [1.54, 1.807) is 14.2 Å². The van der Waals surface area contributed by atoms with E-state index in [2.05, 4.69) is 38.8 Å². The number of fused-ring (bicyclic) bond motifs is 1. The molecule has 8 heteroatoms. The maximum absolute atomic E-state index is 12.6. The van der Waals surface area contributed by atoms with E-state index < -0.39 is 33.9 Å². The summed E-state index contributed by atoms with van der Waals surface area (Å²) in [5, 5.41) is 9.90. The van der Waals surface area contributed by atoms with Gasteiger partial charge in [-0.05, 0) is 74.0 Å². The number of carbonyl (C=O) groups excluding carboxylic acids is 1. The molecule has 0 radical (unpaired) electrons. The van der Waals surface area contributed by atoms with Gasteiger partial charge in [0.15, 0.2) is 28.1 Å². The van der Waals surface area contributed by atoms with Crippen LogP contribution in [0.25, 0.3) is 5.57 Å². The predicted octanol–water partition coefficient (Wildman–Crippen LogP) is 5.51. The molecule has 1 aromatic carbocycles. The molecule has 1 aliphatic carbocycles. The number of benzene rings is 1. The first-order valence-corrected chi connectivity index (χ1v) is 17.5. The van der Waals surface area contributed by atoms with Gasteiger partial charge >= 0.3 is 5.97 Å². The van der Waals surface area contributed by atoms with Crippen molar-refractivity contribution in [2.45, 2.75) is 64.5 Å². The molecular weight excluding hydrogens is 438 g/mol. The molecule has 176 valence electrons. The highest BCUT2D eigenvalue weighted by molar-refractivity contribution is 6.84. The summed E-state index contributed by atoms with van der Waals surface area (Å²) in [5.74, 6) is 0.268. The van der Waals surface area contributed by atoms with E-state index >= 15 is 0 Å². The highest BCUT2D eigenvalue weighted by atomic mass is 28.4. The van der Waals surface area contributed by atoms with Gasteiger partial charge in [0, 0.05) is 11.5 Å². The molecule has 0 saturated carbocycles. The summed E-state index contributed by atoms with van der Waals surface area (Å²) in [6.45, 7) is 15.4. The molecule has 0 saturated heterocycles. The minimum atomic E-state index is -1.76. The molecule has 0 aliphatic heterocycles. The highest BCUT2D eigenvalue weighted by Gasteiger charge is 2.44. The SMILES string of the molecule is COc1cc2c(cc1OC)C(C)(C)C(C#N)C2=CC(=O)OCCC[Si](C)(C)O[Si](C)(C)C. The smallest absolute Gasteiger partial charge is 0.331 e. The van der Waals surface area contributed by atoms with Gasteiger partial charge in [0.1, 0.15) is 0 Å². The molecule has 0 amide bonds. The summed E-state index contributed by atoms with van der Waals surface area (Å²) >= 11 is 0. The Balaban J connectivity index is 2.18. The van der Waals surface area contributed by atoms with E-state index in [0.29, 0.717) is 23.7 Å². The minimum Gasteiger partial charge on any atom is -0.493 e. The average molecular weight is 476 g/mol. The molecule has 6 nitrogen and oxygen atoms in total. The fourth-order valence-electron chi connectivity index (χ4n) is 4.46. The Bertz CT molecular complexity index is 926. The van der Waals surface area contributed by atoms with Crippen molar-refractivity contribution >= 4 is 28.2 Å². The number of hydrogen-bond donors (Lipinski definition) is 0. The van der Waals surface area contributed by atoms with Crippen LogP contribution in [0.3, 0.4) is 0 Å². The standard InChI is InChI=1S/C24H37NO5Si2/c1-24(2)19-15-22(28-4)21(27-3)13-17(19)18(20(24)16-25)14-23(26)29-11-10-12-32(8,9)30-31(5,6)7/h13-15,20H,10-12H2,1-9H3. The summed E-state index contributed by atoms with van der Waals surface area (Å²) in [4.78, 5) is 12.6. The van der Waals surface area contributed by atoms with E-state index in [1.807, 2.05) is 26.0 Å². The Morgan fingerprint density at radius 3 is 2.25 bits per heavy atom. The van der Waals surface area contributed by atoms with Gasteiger partial charge in [0.2, 0.25) is 0 Å². The number of rotatable bonds is 9. The molecule has 2 rings (SSSR count). The minimum absolute atomic E-state index is 0.341. The van der Waals surface area contributed by atoms with E-state index in [4.69, 9.17) is 18.3 Å². The lowest BCUT2D eigenvalue weighted by Crippen LogP contribution is -2.42. The van der Waals surface area contributed by atoms with Gasteiger partial charge in [0.05, 0.1) is 32.8 Å². The topological polar surface area (TPSA) is 77.8 Å². The lowest BCUT2D eigenvalue weighted by atomic mass is 9.78. The molecule has 32 heavy (non-hydrogen) atoms. The first kappa shape index (κ1) is 26.2. The van der Waals surface area contributed by atoms with Gasteiger partial charge < -0.3 is 18.3 Å². The van der Waals surface area contributed by atoms with Crippen molar-refractivity contribution in [2.75, 3.05) is 20.8 Å². The molecule has 0 bridgehead atoms. The quantitative estimate of drug-likeness (QED) is 0.203. The third-order valence-electron chi connectivity index (χ3n) is 5.71. The Morgan fingerprint density at radius 2 is 1.72 bits per heavy atom. The first-order valence-electron chi connectivity index (χ1n) is 11.0. The van der Waals surface area contributed by atoms with Gasteiger partial charge in [-0.25, -0.2) is 4.79 Å². The van der Waals surface area contributed by atoms with Crippen LogP contribution in [0.1, 0.15) is 31.4 Å². The Labute approximate surface area is 194 Å². The lowest BCUT2D eigenvalue weighted by molar-refractivity contribution is -0.137. The van der Waals surface area contributed by atoms with Crippen LogP contribution in [-0.4, -0.2) is 43.4 Å². The van der Waals surface area contributed by atoms with E-state index in [9.17, 15) is 10.1 Å². The number of ether oxygens (including phenoxy) is 3. The van der Waals surface area contributed by atoms with Crippen LogP contribution >= 0.6 is 0 Å². The molecule has 1 unspecified atom stereocenters. The van der Waals surface area contributed by atoms with Crippen molar-refractivity contribution < 1.29 is 23.1 Å². The van der Waals surface area contributed by atoms with Crippen molar-refractivity contribution in [2.24, 2.45) is 5.92 Å². The molecule has 1 atom stereocenters. The van der Waals surface area contributed by atoms with Crippen LogP contribution < -0.4 is 9.47 Å². The maximum atomic E-state index is 12.6. The van der Waals surface area contributed by atoms with Crippen LogP contribution in [0.15, 0.2) is 18.2 Å². The molecule has 1 aromatic rings. The zero-order chi connectivity index (χ0) is 24.3. The molecular formula is C24H37NO5Si2. The molecule has 0 fully saturated rings. The van der Waals surface area contributed by atoms with Crippen LogP contribution in [0.4, 0.5) is 0 Å². The summed E-state index contributed by atoms with van der Waals surface area (Å²) in [7, 11) is -0.188. The fraction of sp³-hybridized carbons (Fsp3) is 0.583. The number of methoxy groups -OCH3 is 2. The molecule has 0 N–H and O–H groups in total. The zero-order valence-corrected chi connectivity index (χ0v) is 22.9. The Kier molecular flexibility index (Phi) is 8.03. The Morgan fingerprint density at radius 1 is 1.12 bits per heavy atom. The molecule has 0 spiro atoms. The van der Waals surface area contributed by atoms with Crippen molar-refractivity contribution in [3.05, 3.63) is 29.3 Å². The van der Waals surface area contributed by atoms with Gasteiger partial charge in [0.25, 0.3) is 0 Å². The largest absolute Gasteiger partial charge is 0.493 e. The summed E-state index contributed by atoms with van der Waals surface area (Å²) in [5.41, 5.74) is 1.97. The lowest BCUT2D eigenvalue weighted by Gasteiger charge is -2.31. The second-order valence-electron chi connectivity index (χ2n) is 10.4. The normalized spacial score (nSPS) is 18.8. The second-order valence-corrected chi connectivity index (χ2v) is 19.4. The summed E-state index contributed by atoms with van der Waals surface area (Å²) in [6, 6.07) is 7.06. The van der Waals surface area contributed by atoms with E-state index in [1.165, 1.54) is 6.08 Å².